The van der Waals surface area contributed by atoms with Crippen molar-refractivity contribution in [2.75, 3.05) is 14.1 Å². The molecule has 0 aliphatic heterocycles. The Morgan fingerprint density at radius 1 is 1.27 bits per heavy atom. The largest absolute Gasteiger partial charge is 0.393 e. The second-order valence-corrected chi connectivity index (χ2v) is 4.45. The van der Waals surface area contributed by atoms with E-state index in [-0.39, 0.29) is 6.10 Å². The van der Waals surface area contributed by atoms with Crippen LogP contribution in [0.2, 0.25) is 0 Å². The summed E-state index contributed by atoms with van der Waals surface area (Å²) in [6, 6.07) is 8.59. The fourth-order valence-corrected chi connectivity index (χ4v) is 1.62. The molecule has 0 spiro atoms. The van der Waals surface area contributed by atoms with Crippen LogP contribution in [-0.4, -0.2) is 30.2 Å². The van der Waals surface area contributed by atoms with Crippen molar-refractivity contribution < 1.29 is 5.11 Å². The molecule has 0 aliphatic carbocycles. The molecular weight excluding hydrogens is 186 g/mol. The van der Waals surface area contributed by atoms with Gasteiger partial charge in [0.05, 0.1) is 6.10 Å². The normalized spacial score (nSPS) is 13.1. The molecule has 0 fully saturated rings. The molecule has 15 heavy (non-hydrogen) atoms. The molecular formula is C13H21NO. The molecule has 0 amide bonds. The average Bonchev–Trinajstić information content (AvgIpc) is 2.14. The topological polar surface area (TPSA) is 23.5 Å². The van der Waals surface area contributed by atoms with Crippen molar-refractivity contribution in [3.63, 3.8) is 0 Å². The van der Waals surface area contributed by atoms with E-state index in [9.17, 15) is 5.11 Å². The zero-order valence-electron chi connectivity index (χ0n) is 9.90. The summed E-state index contributed by atoms with van der Waals surface area (Å²) in [4.78, 5) is 2.16. The lowest BCUT2D eigenvalue weighted by Gasteiger charge is -2.11. The van der Waals surface area contributed by atoms with E-state index in [0.29, 0.717) is 0 Å². The molecule has 1 rings (SSSR count). The third-order valence-corrected chi connectivity index (χ3v) is 2.34. The van der Waals surface area contributed by atoms with Gasteiger partial charge in [-0.2, -0.15) is 0 Å². The van der Waals surface area contributed by atoms with Gasteiger partial charge in [0.25, 0.3) is 0 Å². The summed E-state index contributed by atoms with van der Waals surface area (Å²) >= 11 is 0. The van der Waals surface area contributed by atoms with Crippen LogP contribution in [-0.2, 0) is 13.0 Å². The monoisotopic (exact) mass is 207 g/mol. The van der Waals surface area contributed by atoms with Crippen molar-refractivity contribution in [1.29, 1.82) is 0 Å². The van der Waals surface area contributed by atoms with Crippen molar-refractivity contribution in [1.82, 2.24) is 4.90 Å². The molecule has 0 bridgehead atoms. The van der Waals surface area contributed by atoms with Crippen LogP contribution in [0.3, 0.4) is 0 Å². The first-order valence-electron chi connectivity index (χ1n) is 5.48. The van der Waals surface area contributed by atoms with Gasteiger partial charge in [-0.25, -0.2) is 0 Å². The Bertz CT molecular complexity index is 294. The van der Waals surface area contributed by atoms with Gasteiger partial charge in [0, 0.05) is 6.54 Å². The van der Waals surface area contributed by atoms with E-state index in [4.69, 9.17) is 0 Å². The summed E-state index contributed by atoms with van der Waals surface area (Å²) in [6.45, 7) is 2.81. The fourth-order valence-electron chi connectivity index (χ4n) is 1.62. The number of aliphatic hydroxyl groups excluding tert-OH is 1. The second kappa shape index (κ2) is 5.89. The van der Waals surface area contributed by atoms with E-state index in [1.54, 1.807) is 0 Å². The Morgan fingerprint density at radius 3 is 2.53 bits per heavy atom. The summed E-state index contributed by atoms with van der Waals surface area (Å²) in [5.41, 5.74) is 2.65. The molecule has 84 valence electrons. The number of hydrogen-bond donors (Lipinski definition) is 1. The van der Waals surface area contributed by atoms with Gasteiger partial charge in [0.2, 0.25) is 0 Å². The summed E-state index contributed by atoms with van der Waals surface area (Å²) in [6.07, 6.45) is 1.59. The van der Waals surface area contributed by atoms with E-state index < -0.39 is 0 Å². The van der Waals surface area contributed by atoms with Crippen LogP contribution in [0.4, 0.5) is 0 Å². The predicted molar refractivity (Wildman–Crippen MR) is 63.8 cm³/mol. The molecule has 0 heterocycles. The van der Waals surface area contributed by atoms with Gasteiger partial charge in [-0.05, 0) is 45.0 Å². The third-order valence-electron chi connectivity index (χ3n) is 2.34. The molecule has 2 nitrogen and oxygen atoms in total. The van der Waals surface area contributed by atoms with Gasteiger partial charge in [0.1, 0.15) is 0 Å². The molecule has 1 unspecified atom stereocenters. The number of aryl methyl sites for hydroxylation is 1. The van der Waals surface area contributed by atoms with Crippen LogP contribution in [0.15, 0.2) is 24.3 Å². The van der Waals surface area contributed by atoms with Crippen LogP contribution in [0.1, 0.15) is 24.5 Å². The number of nitrogens with zero attached hydrogens (tertiary/aromatic N) is 1. The van der Waals surface area contributed by atoms with E-state index in [0.717, 1.165) is 19.4 Å². The zero-order chi connectivity index (χ0) is 11.3. The number of aliphatic hydroxyl groups is 1. The third kappa shape index (κ3) is 4.96. The molecule has 2 heteroatoms. The first kappa shape index (κ1) is 12.2. The van der Waals surface area contributed by atoms with Crippen LogP contribution in [0, 0.1) is 0 Å². The molecule has 0 aromatic heterocycles. The van der Waals surface area contributed by atoms with Gasteiger partial charge in [-0.3, -0.25) is 0 Å². The maximum atomic E-state index is 9.22. The second-order valence-electron chi connectivity index (χ2n) is 4.45. The lowest BCUT2D eigenvalue weighted by atomic mass is 10.0. The minimum atomic E-state index is -0.206. The van der Waals surface area contributed by atoms with Crippen molar-refractivity contribution in [2.45, 2.75) is 32.4 Å². The van der Waals surface area contributed by atoms with E-state index in [2.05, 4.69) is 43.3 Å². The van der Waals surface area contributed by atoms with Crippen LogP contribution >= 0.6 is 0 Å². The van der Waals surface area contributed by atoms with Crippen molar-refractivity contribution in [3.8, 4) is 0 Å². The predicted octanol–water partition coefficient (Wildman–Crippen LogP) is 2.06. The van der Waals surface area contributed by atoms with Gasteiger partial charge in [0.15, 0.2) is 0 Å². The van der Waals surface area contributed by atoms with Gasteiger partial charge >= 0.3 is 0 Å². The molecule has 1 N–H and O–H groups in total. The van der Waals surface area contributed by atoms with Crippen molar-refractivity contribution >= 4 is 0 Å². The number of hydrogen-bond acceptors (Lipinski definition) is 2. The molecule has 0 radical (unpaired) electrons. The van der Waals surface area contributed by atoms with E-state index in [1.807, 2.05) is 6.92 Å². The highest BCUT2D eigenvalue weighted by atomic mass is 16.3. The summed E-state index contributed by atoms with van der Waals surface area (Å²) in [5.74, 6) is 0. The quantitative estimate of drug-likeness (QED) is 0.799. The Kier molecular flexibility index (Phi) is 4.79. The Hall–Kier alpha value is -0.860. The van der Waals surface area contributed by atoms with Gasteiger partial charge in [-0.1, -0.05) is 24.3 Å². The van der Waals surface area contributed by atoms with Gasteiger partial charge < -0.3 is 10.0 Å². The van der Waals surface area contributed by atoms with E-state index in [1.165, 1.54) is 11.1 Å². The van der Waals surface area contributed by atoms with Crippen molar-refractivity contribution in [3.05, 3.63) is 35.4 Å². The first-order chi connectivity index (χ1) is 7.08. The zero-order valence-corrected chi connectivity index (χ0v) is 9.90. The highest BCUT2D eigenvalue weighted by Crippen LogP contribution is 2.10. The number of rotatable bonds is 5. The molecule has 0 saturated heterocycles. The smallest absolute Gasteiger partial charge is 0.0515 e. The average molecular weight is 207 g/mol. The number of benzene rings is 1. The lowest BCUT2D eigenvalue weighted by molar-refractivity contribution is 0.185. The highest BCUT2D eigenvalue weighted by molar-refractivity contribution is 5.23. The molecule has 1 aromatic rings. The Balaban J connectivity index is 2.57. The molecule has 0 aliphatic rings. The van der Waals surface area contributed by atoms with Crippen LogP contribution < -0.4 is 0 Å². The minimum absolute atomic E-state index is 0.206. The minimum Gasteiger partial charge on any atom is -0.393 e. The van der Waals surface area contributed by atoms with Gasteiger partial charge in [-0.15, -0.1) is 0 Å². The highest BCUT2D eigenvalue weighted by Gasteiger charge is 2.00. The van der Waals surface area contributed by atoms with E-state index >= 15 is 0 Å². The SMILES string of the molecule is CC(O)CCc1cccc(CN(C)C)c1. The first-order valence-corrected chi connectivity index (χ1v) is 5.48. The Morgan fingerprint density at radius 2 is 1.93 bits per heavy atom. The van der Waals surface area contributed by atoms with Crippen molar-refractivity contribution in [2.24, 2.45) is 0 Å². The maximum Gasteiger partial charge on any atom is 0.0515 e. The maximum absolute atomic E-state index is 9.22. The molecule has 0 saturated carbocycles. The lowest BCUT2D eigenvalue weighted by Crippen LogP contribution is -2.10. The van der Waals surface area contributed by atoms with Crippen LogP contribution in [0.5, 0.6) is 0 Å². The molecule has 1 aromatic carbocycles. The summed E-state index contributed by atoms with van der Waals surface area (Å²) < 4.78 is 0. The fraction of sp³-hybridized carbons (Fsp3) is 0.538. The van der Waals surface area contributed by atoms with Crippen LogP contribution in [0.25, 0.3) is 0 Å². The standard InChI is InChI=1S/C13H21NO/c1-11(15)7-8-12-5-4-6-13(9-12)10-14(2)3/h4-6,9,11,15H,7-8,10H2,1-3H3. The summed E-state index contributed by atoms with van der Waals surface area (Å²) in [5, 5.41) is 9.22. The Labute approximate surface area is 92.5 Å². The molecule has 1 atom stereocenters. The summed E-state index contributed by atoms with van der Waals surface area (Å²) in [7, 11) is 4.14.